The molecule has 0 bridgehead atoms. The van der Waals surface area contributed by atoms with Gasteiger partial charge in [-0.3, -0.25) is 4.79 Å². The van der Waals surface area contributed by atoms with Gasteiger partial charge in [-0.1, -0.05) is 0 Å². The molecular weight excluding hydrogens is 288 g/mol. The van der Waals surface area contributed by atoms with Gasteiger partial charge in [0, 0.05) is 20.2 Å². The molecule has 0 aliphatic carbocycles. The topological polar surface area (TPSA) is 113 Å². The van der Waals surface area contributed by atoms with Gasteiger partial charge in [0.1, 0.15) is 6.54 Å². The second-order valence-electron chi connectivity index (χ2n) is 4.63. The Hall–Kier alpha value is -1.35. The van der Waals surface area contributed by atoms with E-state index in [4.69, 9.17) is 9.84 Å². The zero-order valence-electron chi connectivity index (χ0n) is 11.4. The normalized spacial score (nSPS) is 20.6. The number of aliphatic carboxylic acids is 1. The van der Waals surface area contributed by atoms with Gasteiger partial charge in [-0.2, -0.15) is 0 Å². The number of sulfone groups is 1. The minimum atomic E-state index is -3.12. The van der Waals surface area contributed by atoms with Crippen molar-refractivity contribution in [1.82, 2.24) is 10.2 Å². The summed E-state index contributed by atoms with van der Waals surface area (Å²) in [5, 5.41) is 10.7. The number of ether oxygens (including phenoxy) is 1. The maximum atomic E-state index is 11.9. The van der Waals surface area contributed by atoms with Crippen LogP contribution in [0.3, 0.4) is 0 Å². The molecular formula is C11H20N2O6S. The molecule has 0 saturated carbocycles. The van der Waals surface area contributed by atoms with Crippen LogP contribution in [-0.4, -0.2) is 74.8 Å². The van der Waals surface area contributed by atoms with Crippen LogP contribution >= 0.6 is 0 Å². The lowest BCUT2D eigenvalue weighted by Crippen LogP contribution is -2.46. The molecule has 0 radical (unpaired) electrons. The van der Waals surface area contributed by atoms with E-state index in [0.717, 1.165) is 4.90 Å². The van der Waals surface area contributed by atoms with Crippen LogP contribution in [0.4, 0.5) is 4.79 Å². The van der Waals surface area contributed by atoms with E-state index in [0.29, 0.717) is 12.8 Å². The van der Waals surface area contributed by atoms with E-state index in [9.17, 15) is 18.0 Å². The highest BCUT2D eigenvalue weighted by Crippen LogP contribution is 2.19. The lowest BCUT2D eigenvalue weighted by Gasteiger charge is -2.21. The number of nitrogens with one attached hydrogen (secondary N) is 1. The predicted molar refractivity (Wildman–Crippen MR) is 71.3 cm³/mol. The quantitative estimate of drug-likeness (QED) is 0.643. The van der Waals surface area contributed by atoms with E-state index in [-0.39, 0.29) is 25.4 Å². The Morgan fingerprint density at radius 3 is 2.65 bits per heavy atom. The van der Waals surface area contributed by atoms with Crippen LogP contribution in [0.2, 0.25) is 0 Å². The summed E-state index contributed by atoms with van der Waals surface area (Å²) in [6.07, 6.45) is 1.13. The molecule has 0 aromatic carbocycles. The Kier molecular flexibility index (Phi) is 6.21. The van der Waals surface area contributed by atoms with Gasteiger partial charge < -0.3 is 20.1 Å². The summed E-state index contributed by atoms with van der Waals surface area (Å²) in [6.45, 7) is -0.0919. The summed E-state index contributed by atoms with van der Waals surface area (Å²) >= 11 is 0. The second kappa shape index (κ2) is 7.44. The number of carbonyl (C=O) groups is 2. The summed E-state index contributed by atoms with van der Waals surface area (Å²) in [5.74, 6) is -0.986. The van der Waals surface area contributed by atoms with Crippen molar-refractivity contribution in [3.05, 3.63) is 0 Å². The number of carboxylic acid groups (broad SMARTS) is 1. The Morgan fingerprint density at radius 1 is 1.45 bits per heavy atom. The summed E-state index contributed by atoms with van der Waals surface area (Å²) in [5.41, 5.74) is 0. The highest BCUT2D eigenvalue weighted by Gasteiger charge is 2.31. The monoisotopic (exact) mass is 308 g/mol. The summed E-state index contributed by atoms with van der Waals surface area (Å²) < 4.78 is 28.0. The average Bonchev–Trinajstić information content (AvgIpc) is 2.70. The zero-order valence-corrected chi connectivity index (χ0v) is 12.2. The third-order valence-electron chi connectivity index (χ3n) is 3.12. The Labute approximate surface area is 118 Å². The van der Waals surface area contributed by atoms with Crippen LogP contribution in [0.25, 0.3) is 0 Å². The first-order valence-electron chi connectivity index (χ1n) is 6.32. The van der Waals surface area contributed by atoms with Gasteiger partial charge in [0.15, 0.2) is 9.84 Å². The van der Waals surface area contributed by atoms with Gasteiger partial charge in [-0.15, -0.1) is 0 Å². The Balaban J connectivity index is 2.50. The van der Waals surface area contributed by atoms with Crippen molar-refractivity contribution < 1.29 is 27.9 Å². The van der Waals surface area contributed by atoms with E-state index in [2.05, 4.69) is 5.32 Å². The second-order valence-corrected chi connectivity index (χ2v) is 7.03. The molecule has 1 rings (SSSR count). The number of carboxylic acids is 1. The van der Waals surface area contributed by atoms with E-state index >= 15 is 0 Å². The van der Waals surface area contributed by atoms with Gasteiger partial charge in [-0.05, 0) is 12.8 Å². The first-order valence-corrected chi connectivity index (χ1v) is 8.03. The van der Waals surface area contributed by atoms with Gasteiger partial charge in [0.25, 0.3) is 0 Å². The van der Waals surface area contributed by atoms with Crippen LogP contribution in [0, 0.1) is 0 Å². The van der Waals surface area contributed by atoms with Gasteiger partial charge in [-0.25, -0.2) is 13.2 Å². The fraction of sp³-hybridized carbons (Fsp3) is 0.818. The average molecular weight is 308 g/mol. The number of urea groups is 1. The predicted octanol–water partition coefficient (Wildman–Crippen LogP) is -0.694. The third-order valence-corrected chi connectivity index (χ3v) is 5.40. The van der Waals surface area contributed by atoms with Gasteiger partial charge >= 0.3 is 12.0 Å². The molecule has 1 heterocycles. The smallest absolute Gasteiger partial charge is 0.323 e. The minimum absolute atomic E-state index is 0.0181. The summed E-state index contributed by atoms with van der Waals surface area (Å²) in [6, 6.07) is -0.591. The molecule has 1 aliphatic heterocycles. The van der Waals surface area contributed by atoms with E-state index in [1.807, 2.05) is 0 Å². The number of rotatable bonds is 7. The number of hydrogen-bond acceptors (Lipinski definition) is 5. The molecule has 116 valence electrons. The molecule has 0 aromatic rings. The van der Waals surface area contributed by atoms with E-state index in [1.54, 1.807) is 0 Å². The first-order chi connectivity index (χ1) is 9.36. The van der Waals surface area contributed by atoms with Gasteiger partial charge in [0.05, 0.1) is 17.6 Å². The number of amides is 2. The zero-order chi connectivity index (χ0) is 15.2. The fourth-order valence-corrected chi connectivity index (χ4v) is 3.78. The number of hydrogen-bond donors (Lipinski definition) is 2. The van der Waals surface area contributed by atoms with E-state index < -0.39 is 33.6 Å². The molecule has 1 saturated heterocycles. The number of nitrogens with zero attached hydrogens (tertiary/aromatic N) is 1. The maximum absolute atomic E-state index is 11.9. The van der Waals surface area contributed by atoms with Crippen molar-refractivity contribution in [2.75, 3.05) is 39.1 Å². The van der Waals surface area contributed by atoms with Crippen molar-refractivity contribution in [2.45, 2.75) is 18.1 Å². The molecule has 8 nitrogen and oxygen atoms in total. The molecule has 1 aliphatic rings. The van der Waals surface area contributed by atoms with Crippen LogP contribution < -0.4 is 5.32 Å². The lowest BCUT2D eigenvalue weighted by atomic mass is 10.2. The lowest BCUT2D eigenvalue weighted by molar-refractivity contribution is -0.137. The summed E-state index contributed by atoms with van der Waals surface area (Å²) in [4.78, 5) is 23.6. The van der Waals surface area contributed by atoms with Crippen molar-refractivity contribution in [3.8, 4) is 0 Å². The number of methoxy groups -OCH3 is 1. The molecule has 9 heteroatoms. The maximum Gasteiger partial charge on any atom is 0.323 e. The Morgan fingerprint density at radius 2 is 2.15 bits per heavy atom. The Bertz CT molecular complexity index is 450. The molecule has 1 unspecified atom stereocenters. The molecule has 0 spiro atoms. The van der Waals surface area contributed by atoms with E-state index in [1.165, 1.54) is 7.11 Å². The van der Waals surface area contributed by atoms with Crippen molar-refractivity contribution >= 4 is 21.8 Å². The highest BCUT2D eigenvalue weighted by atomic mass is 32.2. The number of carbonyl (C=O) groups excluding carboxylic acids is 1. The molecule has 2 amide bonds. The SMILES string of the molecule is COCCN(CC(=O)O)C(=O)NCC1CCCS1(=O)=O. The molecule has 0 aromatic heterocycles. The van der Waals surface area contributed by atoms with Crippen LogP contribution in [-0.2, 0) is 19.4 Å². The molecule has 1 atom stereocenters. The molecule has 1 fully saturated rings. The first kappa shape index (κ1) is 16.7. The van der Waals surface area contributed by atoms with Crippen molar-refractivity contribution in [2.24, 2.45) is 0 Å². The third kappa shape index (κ3) is 4.97. The van der Waals surface area contributed by atoms with Crippen molar-refractivity contribution in [1.29, 1.82) is 0 Å². The largest absolute Gasteiger partial charge is 0.480 e. The minimum Gasteiger partial charge on any atom is -0.480 e. The highest BCUT2D eigenvalue weighted by molar-refractivity contribution is 7.92. The van der Waals surface area contributed by atoms with Crippen LogP contribution in [0.1, 0.15) is 12.8 Å². The van der Waals surface area contributed by atoms with Crippen LogP contribution in [0.15, 0.2) is 0 Å². The molecule has 20 heavy (non-hydrogen) atoms. The standard InChI is InChI=1S/C11H20N2O6S/c1-19-5-4-13(8-10(14)15)11(16)12-7-9-3-2-6-20(9,17)18/h9H,2-8H2,1H3,(H,12,16)(H,14,15). The van der Waals surface area contributed by atoms with Gasteiger partial charge in [0.2, 0.25) is 0 Å². The fourth-order valence-electron chi connectivity index (χ4n) is 2.02. The summed E-state index contributed by atoms with van der Waals surface area (Å²) in [7, 11) is -1.68. The molecule has 2 N–H and O–H groups in total. The van der Waals surface area contributed by atoms with Crippen LogP contribution in [0.5, 0.6) is 0 Å². The van der Waals surface area contributed by atoms with Crippen molar-refractivity contribution in [3.63, 3.8) is 0 Å².